The third-order valence-electron chi connectivity index (χ3n) is 5.87. The minimum Gasteiger partial charge on any atom is -0.376 e. The largest absolute Gasteiger partial charge is 0.376 e. The second-order valence-corrected chi connectivity index (χ2v) is 7.87. The zero-order valence-electron chi connectivity index (χ0n) is 16.3. The molecule has 0 bridgehead atoms. The van der Waals surface area contributed by atoms with Gasteiger partial charge in [-0.2, -0.15) is 0 Å². The molecule has 2 aliphatic heterocycles. The van der Waals surface area contributed by atoms with Crippen molar-refractivity contribution in [3.63, 3.8) is 0 Å². The lowest BCUT2D eigenvalue weighted by molar-refractivity contribution is 0.0841. The maximum atomic E-state index is 5.92. The van der Waals surface area contributed by atoms with Crippen LogP contribution in [0.5, 0.6) is 0 Å². The first kappa shape index (κ1) is 18.4. The van der Waals surface area contributed by atoms with Crippen LogP contribution in [-0.2, 0) is 11.3 Å². The predicted molar refractivity (Wildman–Crippen MR) is 111 cm³/mol. The minimum absolute atomic E-state index is 0.0471. The molecule has 2 aromatic rings. The van der Waals surface area contributed by atoms with Crippen molar-refractivity contribution in [1.82, 2.24) is 19.8 Å². The lowest BCUT2D eigenvalue weighted by atomic mass is 9.96. The smallest absolute Gasteiger partial charge is 0.170 e. The Morgan fingerprint density at radius 1 is 1.33 bits per heavy atom. The SMILES string of the molecule is CCn1c(C)cc([C@@H]2[C@@H](c3ccccn3)NC(=S)N2C[C@@H]2CCCO2)c1C. The summed E-state index contributed by atoms with van der Waals surface area (Å²) in [7, 11) is 0. The number of rotatable bonds is 5. The third-order valence-corrected chi connectivity index (χ3v) is 6.22. The Hall–Kier alpha value is -1.92. The van der Waals surface area contributed by atoms with E-state index in [0.29, 0.717) is 0 Å². The van der Waals surface area contributed by atoms with Crippen molar-refractivity contribution in [2.75, 3.05) is 13.2 Å². The molecule has 2 fully saturated rings. The summed E-state index contributed by atoms with van der Waals surface area (Å²) in [5.41, 5.74) is 4.96. The molecule has 3 atom stereocenters. The molecule has 0 unspecified atom stereocenters. The van der Waals surface area contributed by atoms with Gasteiger partial charge >= 0.3 is 0 Å². The zero-order chi connectivity index (χ0) is 19.0. The van der Waals surface area contributed by atoms with E-state index >= 15 is 0 Å². The van der Waals surface area contributed by atoms with Crippen LogP contribution in [0, 0.1) is 13.8 Å². The molecule has 4 heterocycles. The molecule has 0 aromatic carbocycles. The standard InChI is InChI=1S/C21H28N4OS/c1-4-24-14(2)12-17(15(24)3)20-19(18-9-5-6-10-22-18)23-21(27)25(20)13-16-8-7-11-26-16/h5-6,9-10,12,16,19-20H,4,7-8,11,13H2,1-3H3,(H,23,27)/t16-,19+,20+/m0/s1. The highest BCUT2D eigenvalue weighted by Crippen LogP contribution is 2.41. The molecular formula is C21H28N4OS. The van der Waals surface area contributed by atoms with Crippen molar-refractivity contribution >= 4 is 17.3 Å². The predicted octanol–water partition coefficient (Wildman–Crippen LogP) is 3.67. The Morgan fingerprint density at radius 3 is 2.81 bits per heavy atom. The molecule has 0 spiro atoms. The highest BCUT2D eigenvalue weighted by molar-refractivity contribution is 7.80. The first-order valence-corrected chi connectivity index (χ1v) is 10.3. The fourth-order valence-electron chi connectivity index (χ4n) is 4.56. The Balaban J connectivity index is 1.75. The lowest BCUT2D eigenvalue weighted by Crippen LogP contribution is -2.36. The highest BCUT2D eigenvalue weighted by atomic mass is 32.1. The van der Waals surface area contributed by atoms with Crippen LogP contribution >= 0.6 is 12.2 Å². The summed E-state index contributed by atoms with van der Waals surface area (Å²) < 4.78 is 8.29. The van der Waals surface area contributed by atoms with Gasteiger partial charge in [-0.15, -0.1) is 0 Å². The van der Waals surface area contributed by atoms with Crippen LogP contribution < -0.4 is 5.32 Å². The van der Waals surface area contributed by atoms with Gasteiger partial charge in [0.15, 0.2) is 5.11 Å². The molecule has 6 heteroatoms. The van der Waals surface area contributed by atoms with Gasteiger partial charge in [0.2, 0.25) is 0 Å². The first-order chi connectivity index (χ1) is 13.1. The number of hydrogen-bond donors (Lipinski definition) is 1. The molecule has 2 saturated heterocycles. The lowest BCUT2D eigenvalue weighted by Gasteiger charge is -2.30. The zero-order valence-corrected chi connectivity index (χ0v) is 17.1. The van der Waals surface area contributed by atoms with Gasteiger partial charge in [0, 0.05) is 37.3 Å². The summed E-state index contributed by atoms with van der Waals surface area (Å²) in [5.74, 6) is 0. The normalized spacial score (nSPS) is 25.2. The maximum Gasteiger partial charge on any atom is 0.170 e. The number of nitrogens with zero attached hydrogens (tertiary/aromatic N) is 3. The van der Waals surface area contributed by atoms with Gasteiger partial charge < -0.3 is 19.5 Å². The molecule has 5 nitrogen and oxygen atoms in total. The molecule has 4 rings (SSSR count). The van der Waals surface area contributed by atoms with E-state index in [1.54, 1.807) is 0 Å². The molecule has 0 radical (unpaired) electrons. The van der Waals surface area contributed by atoms with Gasteiger partial charge in [0.1, 0.15) is 0 Å². The van der Waals surface area contributed by atoms with Crippen LogP contribution in [0.15, 0.2) is 30.5 Å². The van der Waals surface area contributed by atoms with Crippen molar-refractivity contribution in [2.45, 2.75) is 58.3 Å². The number of nitrogens with one attached hydrogen (secondary N) is 1. The number of aryl methyl sites for hydroxylation is 1. The van der Waals surface area contributed by atoms with E-state index in [1.807, 2.05) is 18.3 Å². The maximum absolute atomic E-state index is 5.92. The number of hydrogen-bond acceptors (Lipinski definition) is 3. The van der Waals surface area contributed by atoms with Gasteiger partial charge in [-0.25, -0.2) is 0 Å². The van der Waals surface area contributed by atoms with E-state index in [2.05, 4.69) is 52.7 Å². The van der Waals surface area contributed by atoms with Crippen molar-refractivity contribution in [3.8, 4) is 0 Å². The van der Waals surface area contributed by atoms with E-state index in [1.165, 1.54) is 17.0 Å². The Bertz CT molecular complexity index is 813. The summed E-state index contributed by atoms with van der Waals surface area (Å²) in [6.07, 6.45) is 4.35. The quantitative estimate of drug-likeness (QED) is 0.797. The van der Waals surface area contributed by atoms with E-state index < -0.39 is 0 Å². The van der Waals surface area contributed by atoms with Crippen molar-refractivity contribution in [1.29, 1.82) is 0 Å². The fourth-order valence-corrected chi connectivity index (χ4v) is 4.88. The summed E-state index contributed by atoms with van der Waals surface area (Å²) in [6.45, 7) is 9.25. The van der Waals surface area contributed by atoms with Crippen LogP contribution in [0.3, 0.4) is 0 Å². The van der Waals surface area contributed by atoms with E-state index in [0.717, 1.165) is 43.3 Å². The van der Waals surface area contributed by atoms with Crippen molar-refractivity contribution < 1.29 is 4.74 Å². The molecule has 27 heavy (non-hydrogen) atoms. The molecule has 144 valence electrons. The van der Waals surface area contributed by atoms with Crippen molar-refractivity contribution in [3.05, 3.63) is 53.1 Å². The average Bonchev–Trinajstić information content (AvgIpc) is 3.36. The Labute approximate surface area is 166 Å². The molecule has 2 aliphatic rings. The molecule has 0 saturated carbocycles. The second kappa shape index (κ2) is 7.60. The molecule has 2 aromatic heterocycles. The fraction of sp³-hybridized carbons (Fsp3) is 0.524. The molecule has 0 amide bonds. The first-order valence-electron chi connectivity index (χ1n) is 9.86. The van der Waals surface area contributed by atoms with E-state index in [4.69, 9.17) is 17.0 Å². The van der Waals surface area contributed by atoms with Gasteiger partial charge in [-0.3, -0.25) is 4.98 Å². The summed E-state index contributed by atoms with van der Waals surface area (Å²) >= 11 is 5.77. The van der Waals surface area contributed by atoms with Gasteiger partial charge in [0.05, 0.1) is 23.9 Å². The second-order valence-electron chi connectivity index (χ2n) is 7.48. The van der Waals surface area contributed by atoms with Crippen LogP contribution in [0.25, 0.3) is 0 Å². The van der Waals surface area contributed by atoms with Crippen LogP contribution in [0.4, 0.5) is 0 Å². The van der Waals surface area contributed by atoms with Gasteiger partial charge in [-0.05, 0) is 69.6 Å². The number of ether oxygens (including phenoxy) is 1. The van der Waals surface area contributed by atoms with E-state index in [9.17, 15) is 0 Å². The summed E-state index contributed by atoms with van der Waals surface area (Å²) in [5, 5.41) is 4.35. The third kappa shape index (κ3) is 3.36. The topological polar surface area (TPSA) is 42.3 Å². The molecule has 1 N–H and O–H groups in total. The monoisotopic (exact) mass is 384 g/mol. The Morgan fingerprint density at radius 2 is 2.19 bits per heavy atom. The average molecular weight is 385 g/mol. The van der Waals surface area contributed by atoms with Crippen LogP contribution in [0.1, 0.15) is 54.5 Å². The van der Waals surface area contributed by atoms with Crippen LogP contribution in [-0.4, -0.2) is 38.8 Å². The minimum atomic E-state index is 0.0471. The molecule has 0 aliphatic carbocycles. The van der Waals surface area contributed by atoms with Gasteiger partial charge in [-0.1, -0.05) is 6.07 Å². The van der Waals surface area contributed by atoms with Crippen LogP contribution in [0.2, 0.25) is 0 Å². The van der Waals surface area contributed by atoms with Crippen molar-refractivity contribution in [2.24, 2.45) is 0 Å². The van der Waals surface area contributed by atoms with Gasteiger partial charge in [0.25, 0.3) is 0 Å². The summed E-state index contributed by atoms with van der Waals surface area (Å²) in [6, 6.07) is 8.58. The highest BCUT2D eigenvalue weighted by Gasteiger charge is 2.42. The summed E-state index contributed by atoms with van der Waals surface area (Å²) in [4.78, 5) is 6.96. The number of pyridine rings is 1. The van der Waals surface area contributed by atoms with E-state index in [-0.39, 0.29) is 18.2 Å². The molecular weight excluding hydrogens is 356 g/mol. The number of aromatic nitrogens is 2. The Kier molecular flexibility index (Phi) is 5.19. The number of thiocarbonyl (C=S) groups is 1.